The molecule has 1 fully saturated rings. The van der Waals surface area contributed by atoms with Crippen LogP contribution in [0.15, 0.2) is 51.6 Å². The summed E-state index contributed by atoms with van der Waals surface area (Å²) < 4.78 is 5.10. The van der Waals surface area contributed by atoms with Crippen LogP contribution in [0.2, 0.25) is 5.02 Å². The summed E-state index contributed by atoms with van der Waals surface area (Å²) in [6.07, 6.45) is 2.19. The van der Waals surface area contributed by atoms with Gasteiger partial charge in [-0.15, -0.1) is 0 Å². The van der Waals surface area contributed by atoms with Crippen molar-refractivity contribution >= 4 is 40.4 Å². The normalized spacial score (nSPS) is 21.2. The number of carbonyl (C=O) groups excluding carboxylic acids is 2. The second-order valence-electron chi connectivity index (χ2n) is 8.66. The van der Waals surface area contributed by atoms with Gasteiger partial charge in [0, 0.05) is 29.9 Å². The highest BCUT2D eigenvalue weighted by molar-refractivity contribution is 8.16. The first-order valence-electron chi connectivity index (χ1n) is 11.0. The number of amidine groups is 1. The minimum absolute atomic E-state index is 0.0871. The summed E-state index contributed by atoms with van der Waals surface area (Å²) in [5, 5.41) is 3.24. The second kappa shape index (κ2) is 9.91. The van der Waals surface area contributed by atoms with Crippen molar-refractivity contribution in [3.05, 3.63) is 57.2 Å². The van der Waals surface area contributed by atoms with Crippen molar-refractivity contribution in [2.75, 3.05) is 34.3 Å². The molecule has 1 aromatic carbocycles. The molecule has 1 atom stereocenters. The van der Waals surface area contributed by atoms with Gasteiger partial charge in [-0.2, -0.15) is 0 Å². The number of amides is 1. The summed E-state index contributed by atoms with van der Waals surface area (Å²) >= 11 is 8.04. The zero-order chi connectivity index (χ0) is 23.7. The fourth-order valence-corrected chi connectivity index (χ4v) is 5.83. The first-order chi connectivity index (χ1) is 15.8. The van der Waals surface area contributed by atoms with Gasteiger partial charge in [-0.25, -0.2) is 9.79 Å². The molecule has 0 saturated carbocycles. The second-order valence-corrected chi connectivity index (χ2v) is 9.90. The molecule has 9 heteroatoms. The van der Waals surface area contributed by atoms with Crippen LogP contribution in [0, 0.1) is 0 Å². The fourth-order valence-electron chi connectivity index (χ4n) is 4.63. The number of methoxy groups -OCH3 is 1. The summed E-state index contributed by atoms with van der Waals surface area (Å²) in [5.41, 5.74) is 2.62. The topological polar surface area (TPSA) is 65.5 Å². The average molecular weight is 489 g/mol. The Morgan fingerprint density at radius 1 is 1.24 bits per heavy atom. The molecule has 0 aromatic heterocycles. The molecule has 0 N–H and O–H groups in total. The number of ether oxygens (including phenoxy) is 1. The molecule has 33 heavy (non-hydrogen) atoms. The Hall–Kier alpha value is -2.29. The van der Waals surface area contributed by atoms with Crippen molar-refractivity contribution in [3.8, 4) is 0 Å². The number of thioether (sulfide) groups is 1. The number of fused-ring (bicyclic) bond motifs is 1. The maximum atomic E-state index is 13.2. The van der Waals surface area contributed by atoms with Gasteiger partial charge < -0.3 is 19.4 Å². The first-order valence-corrected chi connectivity index (χ1v) is 12.3. The van der Waals surface area contributed by atoms with E-state index in [1.165, 1.54) is 18.9 Å². The van der Waals surface area contributed by atoms with E-state index in [2.05, 4.69) is 24.0 Å². The first kappa shape index (κ1) is 23.9. The van der Waals surface area contributed by atoms with Crippen LogP contribution >= 0.6 is 23.4 Å². The number of nitrogens with zero attached hydrogens (tertiary/aromatic N) is 4. The smallest absolute Gasteiger partial charge is 0.338 e. The molecular weight excluding hydrogens is 460 g/mol. The highest BCUT2D eigenvalue weighted by Gasteiger charge is 2.42. The van der Waals surface area contributed by atoms with Crippen LogP contribution in [0.25, 0.3) is 0 Å². The quantitative estimate of drug-likeness (QED) is 0.583. The molecule has 3 aliphatic heterocycles. The Morgan fingerprint density at radius 3 is 2.58 bits per heavy atom. The third-order valence-corrected chi connectivity index (χ3v) is 7.72. The van der Waals surface area contributed by atoms with Gasteiger partial charge in [0.2, 0.25) is 5.91 Å². The molecular formula is C24H29ClN4O3S. The van der Waals surface area contributed by atoms with E-state index >= 15 is 0 Å². The lowest BCUT2D eigenvalue weighted by atomic mass is 9.93. The van der Waals surface area contributed by atoms with E-state index in [-0.39, 0.29) is 12.3 Å². The van der Waals surface area contributed by atoms with Crippen molar-refractivity contribution in [2.45, 2.75) is 38.3 Å². The summed E-state index contributed by atoms with van der Waals surface area (Å²) in [7, 11) is 5.54. The van der Waals surface area contributed by atoms with E-state index in [4.69, 9.17) is 16.3 Å². The maximum Gasteiger partial charge on any atom is 0.338 e. The minimum atomic E-state index is -0.507. The van der Waals surface area contributed by atoms with E-state index in [9.17, 15) is 9.59 Å². The van der Waals surface area contributed by atoms with Gasteiger partial charge >= 0.3 is 5.97 Å². The Kier molecular flexibility index (Phi) is 7.16. The van der Waals surface area contributed by atoms with Gasteiger partial charge in [-0.1, -0.05) is 41.6 Å². The van der Waals surface area contributed by atoms with Gasteiger partial charge in [0.1, 0.15) is 0 Å². The summed E-state index contributed by atoms with van der Waals surface area (Å²) in [6, 6.07) is 7.46. The van der Waals surface area contributed by atoms with Crippen molar-refractivity contribution in [1.82, 2.24) is 14.7 Å². The van der Waals surface area contributed by atoms with E-state index in [0.717, 1.165) is 42.4 Å². The molecule has 3 heterocycles. The zero-order valence-corrected chi connectivity index (χ0v) is 20.9. The molecule has 0 radical (unpaired) electrons. The molecule has 176 valence electrons. The van der Waals surface area contributed by atoms with Crippen LogP contribution < -0.4 is 0 Å². The van der Waals surface area contributed by atoms with Crippen LogP contribution in [0.3, 0.4) is 0 Å². The van der Waals surface area contributed by atoms with Gasteiger partial charge in [0.25, 0.3) is 0 Å². The number of piperidine rings is 1. The number of rotatable bonds is 5. The lowest BCUT2D eigenvalue weighted by molar-refractivity contribution is -0.136. The molecule has 0 bridgehead atoms. The molecule has 1 aromatic rings. The number of benzene rings is 1. The van der Waals surface area contributed by atoms with Crippen LogP contribution in [0.5, 0.6) is 0 Å². The van der Waals surface area contributed by atoms with Crippen LogP contribution in [0.1, 0.15) is 37.8 Å². The van der Waals surface area contributed by atoms with E-state index in [1.54, 1.807) is 13.0 Å². The third-order valence-electron chi connectivity index (χ3n) is 6.49. The van der Waals surface area contributed by atoms with Gasteiger partial charge in [-0.05, 0) is 50.9 Å². The molecule has 4 rings (SSSR count). The molecule has 0 spiro atoms. The summed E-state index contributed by atoms with van der Waals surface area (Å²) in [4.78, 5) is 36.8. The van der Waals surface area contributed by atoms with Crippen LogP contribution in [-0.4, -0.2) is 72.1 Å². The number of hydrogen-bond acceptors (Lipinski definition) is 7. The molecule has 1 unspecified atom stereocenters. The Bertz CT molecular complexity index is 1040. The van der Waals surface area contributed by atoms with E-state index < -0.39 is 12.0 Å². The minimum Gasteiger partial charge on any atom is -0.466 e. The SMILES string of the molecule is COC(=O)C1=C(C)N=C2SC=C(CC(=O)N3CCC(N(C)C)CC3)N2C1c1ccccc1Cl. The Morgan fingerprint density at radius 2 is 1.94 bits per heavy atom. The summed E-state index contributed by atoms with van der Waals surface area (Å²) in [5.74, 6) is -0.363. The predicted octanol–water partition coefficient (Wildman–Crippen LogP) is 4.03. The van der Waals surface area contributed by atoms with Gasteiger partial charge in [0.05, 0.1) is 30.8 Å². The monoisotopic (exact) mass is 488 g/mol. The molecule has 0 aliphatic carbocycles. The van der Waals surface area contributed by atoms with Crippen molar-refractivity contribution in [3.63, 3.8) is 0 Å². The highest BCUT2D eigenvalue weighted by Crippen LogP contribution is 2.46. The lowest BCUT2D eigenvalue weighted by Crippen LogP contribution is -2.45. The zero-order valence-electron chi connectivity index (χ0n) is 19.4. The number of halogens is 1. The number of allylic oxidation sites excluding steroid dienone is 1. The number of hydrogen-bond donors (Lipinski definition) is 0. The third kappa shape index (κ3) is 4.69. The van der Waals surface area contributed by atoms with Crippen molar-refractivity contribution < 1.29 is 14.3 Å². The van der Waals surface area contributed by atoms with Gasteiger partial charge in [0.15, 0.2) is 5.17 Å². The number of aliphatic imine (C=N–C) groups is 1. The molecule has 1 amide bonds. The Balaban J connectivity index is 1.61. The number of carbonyl (C=O) groups is 2. The fraction of sp³-hybridized carbons (Fsp3) is 0.458. The number of likely N-dealkylation sites (tertiary alicyclic amines) is 1. The standard InChI is InChI=1S/C24H29ClN4O3S/c1-15-21(23(31)32-4)22(18-7-5-6-8-19(18)25)29-17(14-33-24(29)26-15)13-20(30)28-11-9-16(10-12-28)27(2)3/h5-8,14,16,22H,9-13H2,1-4H3. The lowest BCUT2D eigenvalue weighted by Gasteiger charge is -2.38. The maximum absolute atomic E-state index is 13.2. The molecule has 1 saturated heterocycles. The summed E-state index contributed by atoms with van der Waals surface area (Å²) in [6.45, 7) is 3.31. The highest BCUT2D eigenvalue weighted by atomic mass is 35.5. The van der Waals surface area contributed by atoms with Gasteiger partial charge in [-0.3, -0.25) is 4.79 Å². The number of esters is 1. The van der Waals surface area contributed by atoms with Crippen LogP contribution in [-0.2, 0) is 14.3 Å². The Labute approximate surface area is 204 Å². The van der Waals surface area contributed by atoms with Crippen molar-refractivity contribution in [1.29, 1.82) is 0 Å². The predicted molar refractivity (Wildman–Crippen MR) is 132 cm³/mol. The van der Waals surface area contributed by atoms with E-state index in [1.807, 2.05) is 33.4 Å². The van der Waals surface area contributed by atoms with E-state index in [0.29, 0.717) is 22.3 Å². The largest absolute Gasteiger partial charge is 0.466 e. The molecule has 3 aliphatic rings. The molecule has 7 nitrogen and oxygen atoms in total. The average Bonchev–Trinajstić information content (AvgIpc) is 3.20. The van der Waals surface area contributed by atoms with Crippen LogP contribution in [0.4, 0.5) is 0 Å². The van der Waals surface area contributed by atoms with Crippen molar-refractivity contribution in [2.24, 2.45) is 4.99 Å².